The van der Waals surface area contributed by atoms with Crippen molar-refractivity contribution in [2.45, 2.75) is 31.7 Å². The van der Waals surface area contributed by atoms with Gasteiger partial charge in [-0.3, -0.25) is 23.8 Å². The van der Waals surface area contributed by atoms with E-state index in [1.54, 1.807) is 0 Å². The van der Waals surface area contributed by atoms with Crippen LogP contribution in [0.1, 0.15) is 18.2 Å². The molecule has 0 aliphatic carbocycles. The molecule has 0 amide bonds. The van der Waals surface area contributed by atoms with Gasteiger partial charge in [0.15, 0.2) is 10.9 Å². The zero-order valence-electron chi connectivity index (χ0n) is 15.4. The van der Waals surface area contributed by atoms with Crippen molar-refractivity contribution in [1.29, 1.82) is 0 Å². The van der Waals surface area contributed by atoms with Crippen molar-refractivity contribution in [3.05, 3.63) is 66.5 Å². The molecule has 13 nitrogen and oxygen atoms in total. The lowest BCUT2D eigenvalue weighted by molar-refractivity contribution is -0.0264. The molecule has 2 unspecified atom stereocenters. The number of aryl methyl sites for hydroxylation is 1. The van der Waals surface area contributed by atoms with Crippen LogP contribution >= 0.6 is 19.4 Å². The van der Waals surface area contributed by atoms with E-state index in [-0.39, 0.29) is 22.9 Å². The standard InChI is InChI=1S/C15H16ClN6O7P/c1-8-6-22(15(24)19-14(8)23)12-5-9(20-21-17)11(28-12)7-27-30(25,26)29-10-3-2-4-18-13(10)16/h2-4,6,9,11-12H,5,7H2,1H3,(H,25,26)(H,19,23,24)/t9?,11-,12-/m1/s1. The second kappa shape index (κ2) is 9.00. The Kier molecular flexibility index (Phi) is 6.61. The lowest BCUT2D eigenvalue weighted by atomic mass is 10.1. The van der Waals surface area contributed by atoms with Gasteiger partial charge < -0.3 is 9.26 Å². The molecule has 1 aliphatic rings. The van der Waals surface area contributed by atoms with Gasteiger partial charge in [0, 0.05) is 29.3 Å². The number of azide groups is 1. The molecule has 0 aromatic carbocycles. The van der Waals surface area contributed by atoms with Gasteiger partial charge in [0.25, 0.3) is 5.56 Å². The Labute approximate surface area is 173 Å². The maximum Gasteiger partial charge on any atom is 0.527 e. The fraction of sp³-hybridized carbons (Fsp3) is 0.400. The molecule has 0 spiro atoms. The molecule has 0 radical (unpaired) electrons. The first kappa shape index (κ1) is 22.0. The smallest absolute Gasteiger partial charge is 0.401 e. The molecule has 1 aliphatic heterocycles. The van der Waals surface area contributed by atoms with Crippen molar-refractivity contribution in [2.24, 2.45) is 5.11 Å². The quantitative estimate of drug-likeness (QED) is 0.208. The predicted molar refractivity (Wildman–Crippen MR) is 103 cm³/mol. The van der Waals surface area contributed by atoms with Crippen LogP contribution in [0.2, 0.25) is 5.15 Å². The van der Waals surface area contributed by atoms with Crippen LogP contribution in [-0.4, -0.2) is 38.2 Å². The highest BCUT2D eigenvalue weighted by Crippen LogP contribution is 2.46. The first-order chi connectivity index (χ1) is 14.2. The summed E-state index contributed by atoms with van der Waals surface area (Å²) < 4.78 is 28.9. The Bertz CT molecular complexity index is 1150. The highest BCUT2D eigenvalue weighted by molar-refractivity contribution is 7.47. The molecule has 1 fully saturated rings. The summed E-state index contributed by atoms with van der Waals surface area (Å²) in [5.41, 5.74) is 7.82. The predicted octanol–water partition coefficient (Wildman–Crippen LogP) is 2.06. The number of halogens is 1. The average molecular weight is 459 g/mol. The van der Waals surface area contributed by atoms with Crippen LogP contribution in [0, 0.1) is 6.92 Å². The summed E-state index contributed by atoms with van der Waals surface area (Å²) in [4.78, 5) is 42.1. The molecule has 2 aromatic heterocycles. The molecular formula is C15H16ClN6O7P. The first-order valence-corrected chi connectivity index (χ1v) is 10.4. The third-order valence-electron chi connectivity index (χ3n) is 4.20. The van der Waals surface area contributed by atoms with Crippen molar-refractivity contribution in [3.8, 4) is 5.75 Å². The molecule has 0 saturated carbocycles. The fourth-order valence-electron chi connectivity index (χ4n) is 2.78. The number of H-pyrrole nitrogens is 1. The van der Waals surface area contributed by atoms with Gasteiger partial charge in [0.2, 0.25) is 0 Å². The second-order valence-corrected chi connectivity index (χ2v) is 8.00. The van der Waals surface area contributed by atoms with E-state index in [9.17, 15) is 19.0 Å². The number of hydrogen-bond donors (Lipinski definition) is 2. The average Bonchev–Trinajstić information content (AvgIpc) is 3.08. The summed E-state index contributed by atoms with van der Waals surface area (Å²) in [5.74, 6) is -0.155. The molecule has 1 saturated heterocycles. The van der Waals surface area contributed by atoms with Crippen LogP contribution in [0.25, 0.3) is 10.4 Å². The third-order valence-corrected chi connectivity index (χ3v) is 5.39. The number of hydrogen-bond acceptors (Lipinski definition) is 8. The van der Waals surface area contributed by atoms with Gasteiger partial charge >= 0.3 is 13.5 Å². The topological polar surface area (TPSA) is 182 Å². The van der Waals surface area contributed by atoms with Gasteiger partial charge in [-0.25, -0.2) is 14.3 Å². The van der Waals surface area contributed by atoms with E-state index in [2.05, 4.69) is 20.0 Å². The molecule has 30 heavy (non-hydrogen) atoms. The summed E-state index contributed by atoms with van der Waals surface area (Å²) in [5, 5.41) is 3.46. The summed E-state index contributed by atoms with van der Waals surface area (Å²) in [6.45, 7) is 1.03. The summed E-state index contributed by atoms with van der Waals surface area (Å²) in [7, 11) is -4.61. The number of phosphoric acid groups is 1. The maximum absolute atomic E-state index is 12.2. The highest BCUT2D eigenvalue weighted by atomic mass is 35.5. The van der Waals surface area contributed by atoms with Crippen molar-refractivity contribution >= 4 is 19.4 Å². The number of rotatable bonds is 7. The van der Waals surface area contributed by atoms with E-state index in [4.69, 9.17) is 30.9 Å². The van der Waals surface area contributed by atoms with E-state index >= 15 is 0 Å². The van der Waals surface area contributed by atoms with Gasteiger partial charge in [0.05, 0.1) is 18.8 Å². The molecule has 15 heteroatoms. The molecular weight excluding hydrogens is 443 g/mol. The number of phosphoric ester groups is 1. The molecule has 2 N–H and O–H groups in total. The van der Waals surface area contributed by atoms with Crippen LogP contribution in [0.5, 0.6) is 5.75 Å². The molecule has 160 valence electrons. The van der Waals surface area contributed by atoms with E-state index < -0.39 is 44.1 Å². The minimum absolute atomic E-state index is 0.0779. The number of nitrogens with zero attached hydrogens (tertiary/aromatic N) is 5. The van der Waals surface area contributed by atoms with Crippen LogP contribution in [-0.2, 0) is 13.8 Å². The van der Waals surface area contributed by atoms with Crippen molar-refractivity contribution in [1.82, 2.24) is 14.5 Å². The Morgan fingerprint density at radius 1 is 1.57 bits per heavy atom. The second-order valence-electron chi connectivity index (χ2n) is 6.26. The van der Waals surface area contributed by atoms with Gasteiger partial charge in [-0.05, 0) is 24.6 Å². The number of pyridine rings is 1. The number of nitrogens with one attached hydrogen (secondary N) is 1. The Hall–Kier alpha value is -2.66. The summed E-state index contributed by atoms with van der Waals surface area (Å²) in [6.07, 6.45) is 0.916. The van der Waals surface area contributed by atoms with E-state index in [1.807, 2.05) is 0 Å². The fourth-order valence-corrected chi connectivity index (χ4v) is 3.78. The lowest BCUT2D eigenvalue weighted by Crippen LogP contribution is -2.33. The van der Waals surface area contributed by atoms with E-state index in [0.717, 1.165) is 4.57 Å². The normalized spacial score (nSPS) is 22.8. The van der Waals surface area contributed by atoms with Gasteiger partial charge in [-0.15, -0.1) is 0 Å². The van der Waals surface area contributed by atoms with Gasteiger partial charge in [0.1, 0.15) is 6.23 Å². The molecule has 4 atom stereocenters. The summed E-state index contributed by atoms with van der Waals surface area (Å²) in [6, 6.07) is 1.98. The van der Waals surface area contributed by atoms with Crippen LogP contribution in [0.4, 0.5) is 0 Å². The Morgan fingerprint density at radius 2 is 2.33 bits per heavy atom. The Balaban J connectivity index is 1.73. The van der Waals surface area contributed by atoms with Crippen LogP contribution in [0.3, 0.4) is 0 Å². The minimum Gasteiger partial charge on any atom is -0.401 e. The largest absolute Gasteiger partial charge is 0.527 e. The molecule has 0 bridgehead atoms. The number of ether oxygens (including phenoxy) is 1. The van der Waals surface area contributed by atoms with E-state index in [0.29, 0.717) is 0 Å². The molecule has 2 aromatic rings. The number of aromatic nitrogens is 3. The first-order valence-electron chi connectivity index (χ1n) is 8.49. The van der Waals surface area contributed by atoms with Crippen molar-refractivity contribution in [2.75, 3.05) is 6.61 Å². The maximum atomic E-state index is 12.2. The zero-order chi connectivity index (χ0) is 21.9. The third kappa shape index (κ3) is 5.08. The molecule has 3 rings (SSSR count). The lowest BCUT2D eigenvalue weighted by Gasteiger charge is -2.19. The van der Waals surface area contributed by atoms with Gasteiger partial charge in [-0.1, -0.05) is 16.7 Å². The highest BCUT2D eigenvalue weighted by Gasteiger charge is 2.38. The zero-order valence-corrected chi connectivity index (χ0v) is 17.1. The SMILES string of the molecule is Cc1cn([C@H]2CC(N=[N+]=[N-])[C@@H](COP(=O)(O)Oc3cccnc3Cl)O2)c(=O)[nH]c1=O. The van der Waals surface area contributed by atoms with E-state index in [1.165, 1.54) is 31.5 Å². The Morgan fingerprint density at radius 3 is 3.03 bits per heavy atom. The van der Waals surface area contributed by atoms with Crippen molar-refractivity contribution < 1.29 is 23.2 Å². The number of aromatic amines is 1. The van der Waals surface area contributed by atoms with Crippen LogP contribution in [0.15, 0.2) is 39.2 Å². The summed E-state index contributed by atoms with van der Waals surface area (Å²) >= 11 is 5.79. The van der Waals surface area contributed by atoms with Crippen molar-refractivity contribution in [3.63, 3.8) is 0 Å². The monoisotopic (exact) mass is 458 g/mol. The van der Waals surface area contributed by atoms with Crippen LogP contribution < -0.4 is 15.8 Å². The minimum atomic E-state index is -4.61. The van der Waals surface area contributed by atoms with Gasteiger partial charge in [-0.2, -0.15) is 0 Å². The molecule has 3 heterocycles.